The summed E-state index contributed by atoms with van der Waals surface area (Å²) in [6.07, 6.45) is -3.68. The smallest absolute Gasteiger partial charge is 0.408 e. The quantitative estimate of drug-likeness (QED) is 0.631. The van der Waals surface area contributed by atoms with Gasteiger partial charge < -0.3 is 25.1 Å². The van der Waals surface area contributed by atoms with Crippen molar-refractivity contribution < 1.29 is 34.5 Å². The van der Waals surface area contributed by atoms with Crippen molar-refractivity contribution in [3.8, 4) is 0 Å². The summed E-state index contributed by atoms with van der Waals surface area (Å²) in [5.41, 5.74) is -0.618. The van der Waals surface area contributed by atoms with Gasteiger partial charge in [-0.05, 0) is 0 Å². The molecule has 0 saturated carbocycles. The molecule has 0 spiro atoms. The number of nitrogens with zero attached hydrogens (tertiary/aromatic N) is 4. The number of hydrogen-bond acceptors (Lipinski definition) is 5. The van der Waals surface area contributed by atoms with Crippen molar-refractivity contribution >= 4 is 24.1 Å². The molecule has 1 heterocycles. The van der Waals surface area contributed by atoms with Gasteiger partial charge in [-0.25, -0.2) is 14.4 Å². The number of ketones is 1. The molecule has 1 saturated heterocycles. The number of carbonyl (C=O) groups is 4. The minimum atomic E-state index is -1.25. The van der Waals surface area contributed by atoms with E-state index in [1.807, 2.05) is 0 Å². The Morgan fingerprint density at radius 2 is 1.07 bits per heavy atom. The lowest BCUT2D eigenvalue weighted by atomic mass is 9.90. The minimum Gasteiger partial charge on any atom is -0.465 e. The first kappa shape index (κ1) is 22.5. The third-order valence-electron chi connectivity index (χ3n) is 4.35. The Labute approximate surface area is 157 Å². The number of Topliss-reactive ketones (excluding diaryl/α,β-unsaturated/α-hetero) is 1. The summed E-state index contributed by atoms with van der Waals surface area (Å²) in [6, 6.07) is 0. The first-order valence-electron chi connectivity index (χ1n) is 8.61. The molecular formula is C16H28N4O7. The van der Waals surface area contributed by atoms with Crippen LogP contribution in [-0.4, -0.2) is 111 Å². The molecule has 1 fully saturated rings. The minimum absolute atomic E-state index is 0.0244. The lowest BCUT2D eigenvalue weighted by molar-refractivity contribution is -0.128. The second-order valence-electron chi connectivity index (χ2n) is 7.45. The second kappa shape index (κ2) is 9.40. The van der Waals surface area contributed by atoms with Crippen molar-refractivity contribution in [1.29, 1.82) is 0 Å². The van der Waals surface area contributed by atoms with E-state index in [1.165, 1.54) is 0 Å². The van der Waals surface area contributed by atoms with Crippen LogP contribution in [0.5, 0.6) is 0 Å². The van der Waals surface area contributed by atoms with Crippen molar-refractivity contribution in [2.75, 3.05) is 52.5 Å². The van der Waals surface area contributed by atoms with Gasteiger partial charge in [-0.1, -0.05) is 20.8 Å². The van der Waals surface area contributed by atoms with Gasteiger partial charge in [0.25, 0.3) is 0 Å². The second-order valence-corrected chi connectivity index (χ2v) is 7.45. The standard InChI is InChI=1S/C16H28N4O7/c1-16(2,3)12(21)10-17-4-5-18(13(22)23)6-7-19(14(24)25)8-9-20(11-17)15(26)27/h4-11H2,1-3H3,(H,22,23)(H,24,25)(H,26,27). The van der Waals surface area contributed by atoms with Gasteiger partial charge in [-0.3, -0.25) is 14.6 Å². The maximum Gasteiger partial charge on any atom is 0.408 e. The lowest BCUT2D eigenvalue weighted by Gasteiger charge is -2.31. The zero-order chi connectivity index (χ0) is 20.8. The SMILES string of the molecule is CC(C)(C)C(=O)CN1CCN(C(=O)O)CCN(C(=O)O)CCN(C(=O)O)C1. The van der Waals surface area contributed by atoms with Crippen LogP contribution in [0, 0.1) is 5.41 Å². The third kappa shape index (κ3) is 7.29. The molecule has 0 unspecified atom stereocenters. The first-order chi connectivity index (χ1) is 12.4. The van der Waals surface area contributed by atoms with E-state index in [-0.39, 0.29) is 58.3 Å². The Kier molecular flexibility index (Phi) is 7.82. The van der Waals surface area contributed by atoms with Gasteiger partial charge >= 0.3 is 18.3 Å². The predicted octanol–water partition coefficient (Wildman–Crippen LogP) is 0.815. The van der Waals surface area contributed by atoms with Crippen LogP contribution in [0.2, 0.25) is 0 Å². The maximum absolute atomic E-state index is 12.4. The topological polar surface area (TPSA) is 142 Å². The van der Waals surface area contributed by atoms with Crippen molar-refractivity contribution in [2.24, 2.45) is 5.41 Å². The van der Waals surface area contributed by atoms with E-state index in [1.54, 1.807) is 25.7 Å². The van der Waals surface area contributed by atoms with Gasteiger partial charge in [-0.2, -0.15) is 0 Å². The van der Waals surface area contributed by atoms with E-state index < -0.39 is 23.7 Å². The molecule has 3 amide bonds. The molecule has 0 aromatic heterocycles. The summed E-state index contributed by atoms with van der Waals surface area (Å²) < 4.78 is 0. The largest absolute Gasteiger partial charge is 0.465 e. The molecule has 3 N–H and O–H groups in total. The molecule has 11 heteroatoms. The maximum atomic E-state index is 12.4. The molecule has 1 aliphatic rings. The molecule has 1 aliphatic heterocycles. The number of rotatable bonds is 2. The van der Waals surface area contributed by atoms with E-state index in [4.69, 9.17) is 0 Å². The highest BCUT2D eigenvalue weighted by atomic mass is 16.4. The Balaban J connectivity index is 3.04. The van der Waals surface area contributed by atoms with E-state index >= 15 is 0 Å². The summed E-state index contributed by atoms with van der Waals surface area (Å²) in [4.78, 5) is 51.3. The van der Waals surface area contributed by atoms with Crippen LogP contribution < -0.4 is 0 Å². The first-order valence-corrected chi connectivity index (χ1v) is 8.61. The summed E-state index contributed by atoms with van der Waals surface area (Å²) in [7, 11) is 0. The fraction of sp³-hybridized carbons (Fsp3) is 0.750. The van der Waals surface area contributed by atoms with Crippen LogP contribution in [0.1, 0.15) is 20.8 Å². The Hall–Kier alpha value is -2.56. The van der Waals surface area contributed by atoms with Gasteiger partial charge in [0.15, 0.2) is 5.78 Å². The van der Waals surface area contributed by atoms with Crippen molar-refractivity contribution in [3.63, 3.8) is 0 Å². The normalized spacial score (nSPS) is 18.0. The van der Waals surface area contributed by atoms with Gasteiger partial charge in [-0.15, -0.1) is 0 Å². The summed E-state index contributed by atoms with van der Waals surface area (Å²) >= 11 is 0. The molecule has 0 aliphatic carbocycles. The van der Waals surface area contributed by atoms with Gasteiger partial charge in [0.1, 0.15) is 0 Å². The van der Waals surface area contributed by atoms with E-state index in [0.717, 1.165) is 14.7 Å². The van der Waals surface area contributed by atoms with Crippen LogP contribution in [0.15, 0.2) is 0 Å². The number of amides is 3. The highest BCUT2D eigenvalue weighted by molar-refractivity contribution is 5.85. The molecule has 27 heavy (non-hydrogen) atoms. The number of carboxylic acid groups (broad SMARTS) is 3. The van der Waals surface area contributed by atoms with Crippen LogP contribution in [0.4, 0.5) is 14.4 Å². The van der Waals surface area contributed by atoms with E-state index in [9.17, 15) is 34.5 Å². The molecule has 154 valence electrons. The van der Waals surface area contributed by atoms with Crippen molar-refractivity contribution in [3.05, 3.63) is 0 Å². The molecule has 1 rings (SSSR count). The molecular weight excluding hydrogens is 360 g/mol. The Bertz CT molecular complexity index is 576. The van der Waals surface area contributed by atoms with Gasteiger partial charge in [0, 0.05) is 44.7 Å². The highest BCUT2D eigenvalue weighted by Gasteiger charge is 2.27. The lowest BCUT2D eigenvalue weighted by Crippen LogP contribution is -2.48. The van der Waals surface area contributed by atoms with Crippen LogP contribution in [0.3, 0.4) is 0 Å². The van der Waals surface area contributed by atoms with Crippen LogP contribution >= 0.6 is 0 Å². The van der Waals surface area contributed by atoms with Gasteiger partial charge in [0.05, 0.1) is 13.2 Å². The van der Waals surface area contributed by atoms with E-state index in [0.29, 0.717) is 0 Å². The fourth-order valence-electron chi connectivity index (χ4n) is 2.46. The average Bonchev–Trinajstić information content (AvgIpc) is 2.56. The zero-order valence-corrected chi connectivity index (χ0v) is 15.9. The van der Waals surface area contributed by atoms with E-state index in [2.05, 4.69) is 0 Å². The zero-order valence-electron chi connectivity index (χ0n) is 15.9. The number of carbonyl (C=O) groups excluding carboxylic acids is 1. The monoisotopic (exact) mass is 388 g/mol. The average molecular weight is 388 g/mol. The Morgan fingerprint density at radius 1 is 0.704 bits per heavy atom. The van der Waals surface area contributed by atoms with Crippen molar-refractivity contribution in [1.82, 2.24) is 19.6 Å². The number of hydrogen-bond donors (Lipinski definition) is 3. The van der Waals surface area contributed by atoms with Crippen LogP contribution in [0.25, 0.3) is 0 Å². The third-order valence-corrected chi connectivity index (χ3v) is 4.35. The predicted molar refractivity (Wildman–Crippen MR) is 94.8 cm³/mol. The summed E-state index contributed by atoms with van der Waals surface area (Å²) in [5.74, 6) is -0.100. The Morgan fingerprint density at radius 3 is 1.44 bits per heavy atom. The van der Waals surface area contributed by atoms with Crippen LogP contribution in [-0.2, 0) is 4.79 Å². The molecule has 0 bridgehead atoms. The fourth-order valence-corrected chi connectivity index (χ4v) is 2.46. The highest BCUT2D eigenvalue weighted by Crippen LogP contribution is 2.15. The summed E-state index contributed by atoms with van der Waals surface area (Å²) in [6.45, 7) is 5.07. The molecule has 0 aromatic carbocycles. The molecule has 0 aromatic rings. The molecule has 11 nitrogen and oxygen atoms in total. The van der Waals surface area contributed by atoms with Crippen molar-refractivity contribution in [2.45, 2.75) is 20.8 Å². The molecule has 0 radical (unpaired) electrons. The van der Waals surface area contributed by atoms with Gasteiger partial charge in [0.2, 0.25) is 0 Å². The molecule has 0 atom stereocenters. The summed E-state index contributed by atoms with van der Waals surface area (Å²) in [5, 5.41) is 28.0.